The van der Waals surface area contributed by atoms with Crippen LogP contribution in [0.25, 0.3) is 0 Å². The maximum Gasteiger partial charge on any atom is 0.119 e. The van der Waals surface area contributed by atoms with Crippen molar-refractivity contribution < 1.29 is 4.74 Å². The summed E-state index contributed by atoms with van der Waals surface area (Å²) in [6.45, 7) is 0.655. The molecule has 0 aliphatic rings. The Labute approximate surface area is 125 Å². The lowest BCUT2D eigenvalue weighted by Gasteiger charge is -2.15. The van der Waals surface area contributed by atoms with E-state index >= 15 is 0 Å². The van der Waals surface area contributed by atoms with Crippen LogP contribution in [0.3, 0.4) is 0 Å². The smallest absolute Gasteiger partial charge is 0.119 e. The number of para-hydroxylation sites is 1. The summed E-state index contributed by atoms with van der Waals surface area (Å²) in [7, 11) is 0. The normalized spacial score (nSPS) is 12.3. The van der Waals surface area contributed by atoms with Crippen molar-refractivity contribution in [2.24, 2.45) is 5.84 Å². The summed E-state index contributed by atoms with van der Waals surface area (Å²) >= 11 is 5.28. The molecule has 0 aliphatic carbocycles. The minimum atomic E-state index is 0.221. The number of hydrazine groups is 1. The topological polar surface area (TPSA) is 47.3 Å². The molecule has 0 amide bonds. The van der Waals surface area contributed by atoms with Gasteiger partial charge < -0.3 is 4.74 Å². The van der Waals surface area contributed by atoms with E-state index in [0.29, 0.717) is 6.61 Å². The number of rotatable bonds is 7. The number of thiophene rings is 1. The van der Waals surface area contributed by atoms with Gasteiger partial charge >= 0.3 is 0 Å². The van der Waals surface area contributed by atoms with E-state index in [9.17, 15) is 0 Å². The minimum absolute atomic E-state index is 0.221. The van der Waals surface area contributed by atoms with Crippen LogP contribution in [0.1, 0.15) is 11.3 Å². The van der Waals surface area contributed by atoms with E-state index in [2.05, 4.69) is 32.8 Å². The molecule has 3 nitrogen and oxygen atoms in total. The average Bonchev–Trinajstić information content (AvgIpc) is 2.84. The Kier molecular flexibility index (Phi) is 5.85. The lowest BCUT2D eigenvalue weighted by molar-refractivity contribution is 0.285. The van der Waals surface area contributed by atoms with Gasteiger partial charge in [-0.1, -0.05) is 18.2 Å². The quantitative estimate of drug-likeness (QED) is 0.600. The first-order valence-corrected chi connectivity index (χ1v) is 7.82. The van der Waals surface area contributed by atoms with Crippen molar-refractivity contribution >= 4 is 27.3 Å². The first kappa shape index (κ1) is 14.5. The SMILES string of the molecule is NNC(CCOc1ccccc1)Cc1sccc1Br. The zero-order valence-electron chi connectivity index (χ0n) is 10.5. The number of hydrogen-bond acceptors (Lipinski definition) is 4. The Hall–Kier alpha value is -0.880. The molecule has 0 spiro atoms. The molecule has 0 aliphatic heterocycles. The van der Waals surface area contributed by atoms with Gasteiger partial charge in [0, 0.05) is 15.4 Å². The lowest BCUT2D eigenvalue weighted by atomic mass is 10.1. The summed E-state index contributed by atoms with van der Waals surface area (Å²) in [5.41, 5.74) is 2.86. The van der Waals surface area contributed by atoms with E-state index in [4.69, 9.17) is 10.6 Å². The summed E-state index contributed by atoms with van der Waals surface area (Å²) in [4.78, 5) is 1.31. The van der Waals surface area contributed by atoms with Crippen molar-refractivity contribution in [2.75, 3.05) is 6.61 Å². The molecule has 1 aromatic heterocycles. The molecular weight excluding hydrogens is 324 g/mol. The van der Waals surface area contributed by atoms with Crippen molar-refractivity contribution in [2.45, 2.75) is 18.9 Å². The van der Waals surface area contributed by atoms with Crippen LogP contribution in [0.5, 0.6) is 5.75 Å². The van der Waals surface area contributed by atoms with Gasteiger partial charge in [-0.2, -0.15) is 0 Å². The molecule has 2 rings (SSSR count). The molecule has 19 heavy (non-hydrogen) atoms. The first-order valence-electron chi connectivity index (χ1n) is 6.15. The summed E-state index contributed by atoms with van der Waals surface area (Å²) in [5.74, 6) is 6.50. The van der Waals surface area contributed by atoms with Gasteiger partial charge in [0.1, 0.15) is 5.75 Å². The fourth-order valence-corrected chi connectivity index (χ4v) is 3.37. The third kappa shape index (κ3) is 4.62. The van der Waals surface area contributed by atoms with Crippen molar-refractivity contribution in [3.8, 4) is 5.75 Å². The molecule has 0 fully saturated rings. The molecule has 1 unspecified atom stereocenters. The molecule has 1 atom stereocenters. The van der Waals surface area contributed by atoms with Crippen molar-refractivity contribution in [1.82, 2.24) is 5.43 Å². The average molecular weight is 341 g/mol. The molecule has 102 valence electrons. The summed E-state index contributed by atoms with van der Waals surface area (Å²) in [5, 5.41) is 2.08. The maximum absolute atomic E-state index is 5.68. The van der Waals surface area contributed by atoms with E-state index in [1.165, 1.54) is 4.88 Å². The largest absolute Gasteiger partial charge is 0.494 e. The van der Waals surface area contributed by atoms with Gasteiger partial charge in [-0.3, -0.25) is 11.3 Å². The van der Waals surface area contributed by atoms with Gasteiger partial charge in [-0.05, 0) is 52.4 Å². The van der Waals surface area contributed by atoms with Crippen molar-refractivity contribution in [3.05, 3.63) is 51.1 Å². The monoisotopic (exact) mass is 340 g/mol. The molecule has 0 bridgehead atoms. The highest BCUT2D eigenvalue weighted by Crippen LogP contribution is 2.24. The molecule has 5 heteroatoms. The number of nitrogens with one attached hydrogen (secondary N) is 1. The molecule has 0 saturated carbocycles. The lowest BCUT2D eigenvalue weighted by Crippen LogP contribution is -2.37. The zero-order chi connectivity index (χ0) is 13.5. The second-order valence-corrected chi connectivity index (χ2v) is 6.06. The molecule has 2 aromatic rings. The predicted molar refractivity (Wildman–Crippen MR) is 83.4 cm³/mol. The van der Waals surface area contributed by atoms with E-state index in [-0.39, 0.29) is 6.04 Å². The summed E-state index contributed by atoms with van der Waals surface area (Å²) in [6, 6.07) is 12.1. The highest BCUT2D eigenvalue weighted by molar-refractivity contribution is 9.10. The molecule has 0 radical (unpaired) electrons. The van der Waals surface area contributed by atoms with E-state index in [1.54, 1.807) is 11.3 Å². The molecule has 0 saturated heterocycles. The second-order valence-electron chi connectivity index (χ2n) is 4.21. The van der Waals surface area contributed by atoms with Crippen LogP contribution in [-0.4, -0.2) is 12.6 Å². The Bertz CT molecular complexity index is 489. The Balaban J connectivity index is 1.78. The molecule has 1 aromatic carbocycles. The van der Waals surface area contributed by atoms with Crippen LogP contribution >= 0.6 is 27.3 Å². The highest BCUT2D eigenvalue weighted by atomic mass is 79.9. The van der Waals surface area contributed by atoms with Crippen LogP contribution in [0.15, 0.2) is 46.3 Å². The fraction of sp³-hybridized carbons (Fsp3) is 0.286. The first-order chi connectivity index (χ1) is 9.29. The Morgan fingerprint density at radius 1 is 1.26 bits per heavy atom. The highest BCUT2D eigenvalue weighted by Gasteiger charge is 2.11. The van der Waals surface area contributed by atoms with Crippen molar-refractivity contribution in [3.63, 3.8) is 0 Å². The van der Waals surface area contributed by atoms with Gasteiger partial charge in [-0.25, -0.2) is 0 Å². The third-order valence-corrected chi connectivity index (χ3v) is 4.79. The van der Waals surface area contributed by atoms with Gasteiger partial charge in [0.15, 0.2) is 0 Å². The van der Waals surface area contributed by atoms with E-state index in [1.807, 2.05) is 30.3 Å². The van der Waals surface area contributed by atoms with E-state index in [0.717, 1.165) is 23.1 Å². The molecular formula is C14H17BrN2OS. The summed E-state index contributed by atoms with van der Waals surface area (Å²) in [6.07, 6.45) is 1.78. The fourth-order valence-electron chi connectivity index (χ4n) is 1.77. The Morgan fingerprint density at radius 3 is 2.68 bits per heavy atom. The maximum atomic E-state index is 5.68. The van der Waals surface area contributed by atoms with Crippen LogP contribution < -0.4 is 16.0 Å². The zero-order valence-corrected chi connectivity index (χ0v) is 12.9. The number of nitrogens with two attached hydrogens (primary N) is 1. The van der Waals surface area contributed by atoms with Gasteiger partial charge in [0.25, 0.3) is 0 Å². The Morgan fingerprint density at radius 2 is 2.05 bits per heavy atom. The van der Waals surface area contributed by atoms with Crippen molar-refractivity contribution in [1.29, 1.82) is 0 Å². The number of ether oxygens (including phenoxy) is 1. The number of hydrogen-bond donors (Lipinski definition) is 2. The molecule has 3 N–H and O–H groups in total. The molecule has 1 heterocycles. The third-order valence-electron chi connectivity index (χ3n) is 2.84. The number of benzene rings is 1. The predicted octanol–water partition coefficient (Wildman–Crippen LogP) is 3.35. The van der Waals surface area contributed by atoms with Gasteiger partial charge in [-0.15, -0.1) is 11.3 Å². The standard InChI is InChI=1S/C14H17BrN2OS/c15-13-7-9-19-14(13)10-11(17-16)6-8-18-12-4-2-1-3-5-12/h1-5,7,9,11,17H,6,8,10,16H2. The number of halogens is 1. The van der Waals surface area contributed by atoms with Crippen LogP contribution in [0, 0.1) is 0 Å². The van der Waals surface area contributed by atoms with Crippen LogP contribution in [-0.2, 0) is 6.42 Å². The van der Waals surface area contributed by atoms with Gasteiger partial charge in [0.05, 0.1) is 6.61 Å². The minimum Gasteiger partial charge on any atom is -0.494 e. The van der Waals surface area contributed by atoms with Gasteiger partial charge in [0.2, 0.25) is 0 Å². The van der Waals surface area contributed by atoms with E-state index < -0.39 is 0 Å². The van der Waals surface area contributed by atoms with Crippen LogP contribution in [0.4, 0.5) is 0 Å². The summed E-state index contributed by atoms with van der Waals surface area (Å²) < 4.78 is 6.84. The second kappa shape index (κ2) is 7.65. The van der Waals surface area contributed by atoms with Crippen LogP contribution in [0.2, 0.25) is 0 Å².